The summed E-state index contributed by atoms with van der Waals surface area (Å²) in [4.78, 5) is 24.8. The maximum atomic E-state index is 11.5. The van der Waals surface area contributed by atoms with Crippen molar-refractivity contribution in [1.29, 1.82) is 0 Å². The van der Waals surface area contributed by atoms with Crippen molar-refractivity contribution in [2.75, 3.05) is 0 Å². The summed E-state index contributed by atoms with van der Waals surface area (Å²) >= 11 is 1.26. The quantitative estimate of drug-likeness (QED) is 0.386. The minimum Gasteiger partial charge on any atom is -0.258 e. The number of rotatable bonds is 4. The lowest BCUT2D eigenvalue weighted by Crippen LogP contribution is -1.94. The van der Waals surface area contributed by atoms with Crippen molar-refractivity contribution < 1.29 is 4.92 Å². The second-order valence-corrected chi connectivity index (χ2v) is 6.52. The summed E-state index contributed by atoms with van der Waals surface area (Å²) < 4.78 is 0. The monoisotopic (exact) mass is 360 g/mol. The lowest BCUT2D eigenvalue weighted by molar-refractivity contribution is -0.387. The number of benzene rings is 2. The number of fused-ring (bicyclic) bond motifs is 1. The molecule has 0 saturated heterocycles. The molecule has 2 aromatic heterocycles. The maximum absolute atomic E-state index is 11.5. The van der Waals surface area contributed by atoms with Crippen molar-refractivity contribution in [2.45, 2.75) is 9.92 Å². The highest BCUT2D eigenvalue weighted by Crippen LogP contribution is 2.36. The molecule has 6 nitrogen and oxygen atoms in total. The molecule has 0 unspecified atom stereocenters. The number of para-hydroxylation sites is 2. The lowest BCUT2D eigenvalue weighted by atomic mass is 10.1. The fraction of sp³-hybridized carbons (Fsp3) is 0. The van der Waals surface area contributed by atoms with Crippen LogP contribution < -0.4 is 0 Å². The number of hydrogen-bond donors (Lipinski definition) is 0. The number of aromatic nitrogens is 3. The predicted octanol–water partition coefficient (Wildman–Crippen LogP) is 4.75. The number of hydrogen-bond acceptors (Lipinski definition) is 6. The third-order valence-corrected chi connectivity index (χ3v) is 4.77. The summed E-state index contributed by atoms with van der Waals surface area (Å²) in [5.74, 6) is 0. The Morgan fingerprint density at radius 2 is 1.73 bits per heavy atom. The third kappa shape index (κ3) is 3.25. The van der Waals surface area contributed by atoms with Crippen molar-refractivity contribution in [1.82, 2.24) is 15.0 Å². The fourth-order valence-corrected chi connectivity index (χ4v) is 3.38. The van der Waals surface area contributed by atoms with E-state index in [9.17, 15) is 10.1 Å². The van der Waals surface area contributed by atoms with Crippen LogP contribution in [0.4, 0.5) is 5.69 Å². The second-order valence-electron chi connectivity index (χ2n) is 5.45. The molecule has 7 heteroatoms. The molecular weight excluding hydrogens is 348 g/mol. The third-order valence-electron chi connectivity index (χ3n) is 3.75. The average molecular weight is 360 g/mol. The van der Waals surface area contributed by atoms with Crippen LogP contribution in [0.3, 0.4) is 0 Å². The Kier molecular flexibility index (Phi) is 4.28. The van der Waals surface area contributed by atoms with Gasteiger partial charge in [0.05, 0.1) is 32.7 Å². The Labute approximate surface area is 153 Å². The number of pyridine rings is 1. The highest BCUT2D eigenvalue weighted by atomic mass is 32.2. The number of nitro groups is 1. The first-order valence-corrected chi connectivity index (χ1v) is 8.62. The molecule has 4 aromatic rings. The van der Waals surface area contributed by atoms with Crippen LogP contribution in [0, 0.1) is 10.1 Å². The standard InChI is InChI=1S/C19H12N4O2S/c24-23(25)17-11-13(8-9-18(17)26-19-7-3-4-10-20-19)16-12-21-14-5-1-2-6-15(14)22-16/h1-12H. The molecule has 0 bridgehead atoms. The second kappa shape index (κ2) is 6.89. The summed E-state index contributed by atoms with van der Waals surface area (Å²) in [6.45, 7) is 0. The molecule has 2 aromatic carbocycles. The van der Waals surface area contributed by atoms with Crippen molar-refractivity contribution in [3.05, 3.63) is 83.2 Å². The molecule has 0 atom stereocenters. The summed E-state index contributed by atoms with van der Waals surface area (Å²) in [7, 11) is 0. The normalized spacial score (nSPS) is 10.8. The van der Waals surface area contributed by atoms with Gasteiger partial charge in [0.25, 0.3) is 5.69 Å². The Bertz CT molecular complexity index is 1100. The van der Waals surface area contributed by atoms with Gasteiger partial charge in [-0.2, -0.15) is 0 Å². The van der Waals surface area contributed by atoms with E-state index in [0.29, 0.717) is 21.2 Å². The van der Waals surface area contributed by atoms with E-state index in [1.165, 1.54) is 17.8 Å². The van der Waals surface area contributed by atoms with Gasteiger partial charge in [0, 0.05) is 17.8 Å². The molecule has 0 N–H and O–H groups in total. The first kappa shape index (κ1) is 16.2. The van der Waals surface area contributed by atoms with E-state index in [-0.39, 0.29) is 10.6 Å². The molecule has 0 fully saturated rings. The van der Waals surface area contributed by atoms with Gasteiger partial charge in [-0.25, -0.2) is 9.97 Å². The number of nitrogens with zero attached hydrogens (tertiary/aromatic N) is 4. The van der Waals surface area contributed by atoms with Crippen LogP contribution in [0.5, 0.6) is 0 Å². The molecule has 4 rings (SSSR count). The Morgan fingerprint density at radius 1 is 0.923 bits per heavy atom. The first-order valence-electron chi connectivity index (χ1n) is 7.80. The summed E-state index contributed by atoms with van der Waals surface area (Å²) in [5.41, 5.74) is 2.81. The van der Waals surface area contributed by atoms with E-state index in [1.54, 1.807) is 24.5 Å². The molecular formula is C19H12N4O2S. The summed E-state index contributed by atoms with van der Waals surface area (Å²) in [6, 6.07) is 18.1. The Morgan fingerprint density at radius 3 is 2.50 bits per heavy atom. The van der Waals surface area contributed by atoms with E-state index < -0.39 is 0 Å². The van der Waals surface area contributed by atoms with Crippen LogP contribution in [-0.4, -0.2) is 19.9 Å². The maximum Gasteiger partial charge on any atom is 0.283 e. The van der Waals surface area contributed by atoms with Gasteiger partial charge >= 0.3 is 0 Å². The van der Waals surface area contributed by atoms with Crippen molar-refractivity contribution >= 4 is 28.5 Å². The van der Waals surface area contributed by atoms with Crippen LogP contribution in [0.1, 0.15) is 0 Å². The summed E-state index contributed by atoms with van der Waals surface area (Å²) in [5, 5.41) is 12.2. The molecule has 0 saturated carbocycles. The topological polar surface area (TPSA) is 81.8 Å². The van der Waals surface area contributed by atoms with Gasteiger partial charge < -0.3 is 0 Å². The van der Waals surface area contributed by atoms with E-state index in [1.807, 2.05) is 42.5 Å². The lowest BCUT2D eigenvalue weighted by Gasteiger charge is -2.06. The van der Waals surface area contributed by atoms with Crippen molar-refractivity contribution in [2.24, 2.45) is 0 Å². The molecule has 26 heavy (non-hydrogen) atoms. The van der Waals surface area contributed by atoms with Gasteiger partial charge in [0.15, 0.2) is 0 Å². The highest BCUT2D eigenvalue weighted by molar-refractivity contribution is 7.99. The molecule has 0 amide bonds. The Balaban J connectivity index is 1.75. The fourth-order valence-electron chi connectivity index (χ4n) is 2.52. The number of nitro benzene ring substituents is 1. The van der Waals surface area contributed by atoms with Crippen LogP contribution >= 0.6 is 11.8 Å². The molecule has 2 heterocycles. The molecule has 0 radical (unpaired) electrons. The molecule has 0 aliphatic heterocycles. The molecule has 0 aliphatic carbocycles. The molecule has 0 aliphatic rings. The van der Waals surface area contributed by atoms with E-state index in [2.05, 4.69) is 15.0 Å². The van der Waals surface area contributed by atoms with Gasteiger partial charge in [-0.3, -0.25) is 15.1 Å². The van der Waals surface area contributed by atoms with Crippen LogP contribution in [0.15, 0.2) is 83.0 Å². The minimum atomic E-state index is -0.386. The van der Waals surface area contributed by atoms with Crippen molar-refractivity contribution in [3.63, 3.8) is 0 Å². The zero-order chi connectivity index (χ0) is 17.9. The van der Waals surface area contributed by atoms with Crippen LogP contribution in [-0.2, 0) is 0 Å². The van der Waals surface area contributed by atoms with E-state index in [4.69, 9.17) is 0 Å². The predicted molar refractivity (Wildman–Crippen MR) is 100.0 cm³/mol. The van der Waals surface area contributed by atoms with Gasteiger partial charge in [0.1, 0.15) is 5.03 Å². The van der Waals surface area contributed by atoms with Gasteiger partial charge in [0.2, 0.25) is 0 Å². The average Bonchev–Trinajstić information content (AvgIpc) is 2.68. The van der Waals surface area contributed by atoms with Gasteiger partial charge in [-0.05, 0) is 30.3 Å². The van der Waals surface area contributed by atoms with E-state index >= 15 is 0 Å². The minimum absolute atomic E-state index is 0.0214. The largest absolute Gasteiger partial charge is 0.283 e. The van der Waals surface area contributed by atoms with Crippen molar-refractivity contribution in [3.8, 4) is 11.3 Å². The zero-order valence-electron chi connectivity index (χ0n) is 13.4. The SMILES string of the molecule is O=[N+]([O-])c1cc(-c2cnc3ccccc3n2)ccc1Sc1ccccn1. The Hall–Kier alpha value is -3.32. The smallest absolute Gasteiger partial charge is 0.258 e. The van der Waals surface area contributed by atoms with E-state index in [0.717, 1.165) is 11.0 Å². The first-order chi connectivity index (χ1) is 12.7. The van der Waals surface area contributed by atoms with Gasteiger partial charge in [-0.1, -0.05) is 36.0 Å². The van der Waals surface area contributed by atoms with Gasteiger partial charge in [-0.15, -0.1) is 0 Å². The summed E-state index contributed by atoms with van der Waals surface area (Å²) in [6.07, 6.45) is 3.29. The van der Waals surface area contributed by atoms with Crippen LogP contribution in [0.25, 0.3) is 22.3 Å². The van der Waals surface area contributed by atoms with Crippen LogP contribution in [0.2, 0.25) is 0 Å². The molecule has 0 spiro atoms. The zero-order valence-corrected chi connectivity index (χ0v) is 14.3. The molecule has 126 valence electrons. The highest BCUT2D eigenvalue weighted by Gasteiger charge is 2.17.